The number of ether oxygens (including phenoxy) is 2. The third kappa shape index (κ3) is 4.62. The molecule has 0 fully saturated rings. The van der Waals surface area contributed by atoms with Gasteiger partial charge in [-0.15, -0.1) is 0 Å². The SMILES string of the molecule is CCOc1ccc(S(=O)(=O)Nc2ccc(OC)c(S(N)(=O)=O)c2)cc1. The number of hydrogen-bond acceptors (Lipinski definition) is 6. The summed E-state index contributed by atoms with van der Waals surface area (Å²) in [5.74, 6) is 0.564. The highest BCUT2D eigenvalue weighted by Crippen LogP contribution is 2.27. The van der Waals surface area contributed by atoms with E-state index in [2.05, 4.69) is 4.72 Å². The molecule has 2 rings (SSSR count). The van der Waals surface area contributed by atoms with Crippen molar-refractivity contribution in [3.8, 4) is 11.5 Å². The summed E-state index contributed by atoms with van der Waals surface area (Å²) in [5, 5.41) is 5.12. The molecule has 0 saturated heterocycles. The Morgan fingerprint density at radius 3 is 2.20 bits per heavy atom. The molecule has 0 bridgehead atoms. The lowest BCUT2D eigenvalue weighted by Gasteiger charge is -2.12. The third-order valence-corrected chi connectivity index (χ3v) is 5.50. The number of nitrogens with one attached hydrogen (secondary N) is 1. The van der Waals surface area contributed by atoms with Crippen molar-refractivity contribution in [1.29, 1.82) is 0 Å². The predicted octanol–water partition coefficient (Wildman–Crippen LogP) is 1.54. The summed E-state index contributed by atoms with van der Waals surface area (Å²) in [7, 11) is -6.70. The molecule has 0 aliphatic heterocycles. The molecule has 0 atom stereocenters. The standard InChI is InChI=1S/C15H18N2O6S2/c1-3-23-12-5-7-13(8-6-12)25(20,21)17-11-4-9-14(22-2)15(10-11)24(16,18)19/h4-10,17H,3H2,1-2H3,(H2,16,18,19). The highest BCUT2D eigenvalue weighted by atomic mass is 32.2. The summed E-state index contributed by atoms with van der Waals surface area (Å²) in [6.45, 7) is 2.28. The zero-order valence-electron chi connectivity index (χ0n) is 13.6. The second-order valence-corrected chi connectivity index (χ2v) is 8.13. The van der Waals surface area contributed by atoms with Crippen LogP contribution in [-0.4, -0.2) is 30.6 Å². The number of nitrogens with two attached hydrogens (primary N) is 1. The third-order valence-electron chi connectivity index (χ3n) is 3.17. The minimum Gasteiger partial charge on any atom is -0.495 e. The first kappa shape index (κ1) is 19.0. The van der Waals surface area contributed by atoms with Gasteiger partial charge in [-0.05, 0) is 49.4 Å². The zero-order chi connectivity index (χ0) is 18.7. The van der Waals surface area contributed by atoms with Crippen molar-refractivity contribution in [1.82, 2.24) is 0 Å². The van der Waals surface area contributed by atoms with Gasteiger partial charge in [-0.1, -0.05) is 0 Å². The predicted molar refractivity (Wildman–Crippen MR) is 92.8 cm³/mol. The van der Waals surface area contributed by atoms with E-state index in [1.807, 2.05) is 6.92 Å². The highest BCUT2D eigenvalue weighted by molar-refractivity contribution is 7.92. The molecule has 0 radical (unpaired) electrons. The number of methoxy groups -OCH3 is 1. The van der Waals surface area contributed by atoms with Crippen molar-refractivity contribution < 1.29 is 26.3 Å². The van der Waals surface area contributed by atoms with Gasteiger partial charge in [-0.2, -0.15) is 0 Å². The Balaban J connectivity index is 2.34. The van der Waals surface area contributed by atoms with Crippen molar-refractivity contribution in [2.75, 3.05) is 18.4 Å². The van der Waals surface area contributed by atoms with E-state index in [0.717, 1.165) is 6.07 Å². The van der Waals surface area contributed by atoms with Crippen LogP contribution in [0.5, 0.6) is 11.5 Å². The molecule has 0 aromatic heterocycles. The van der Waals surface area contributed by atoms with E-state index in [4.69, 9.17) is 14.6 Å². The Bertz CT molecular complexity index is 954. The molecule has 0 amide bonds. The van der Waals surface area contributed by atoms with Gasteiger partial charge in [0.1, 0.15) is 16.4 Å². The Hall–Kier alpha value is -2.30. The highest BCUT2D eigenvalue weighted by Gasteiger charge is 2.19. The number of rotatable bonds is 7. The lowest BCUT2D eigenvalue weighted by molar-refractivity contribution is 0.340. The van der Waals surface area contributed by atoms with Gasteiger partial charge in [0.05, 0.1) is 24.3 Å². The largest absolute Gasteiger partial charge is 0.495 e. The molecule has 10 heteroatoms. The molecule has 136 valence electrons. The molecular formula is C15H18N2O6S2. The summed E-state index contributed by atoms with van der Waals surface area (Å²) in [6.07, 6.45) is 0. The van der Waals surface area contributed by atoms with E-state index >= 15 is 0 Å². The average Bonchev–Trinajstić information content (AvgIpc) is 2.54. The van der Waals surface area contributed by atoms with Crippen LogP contribution >= 0.6 is 0 Å². The molecule has 8 nitrogen and oxygen atoms in total. The molecule has 25 heavy (non-hydrogen) atoms. The van der Waals surface area contributed by atoms with Crippen molar-refractivity contribution in [3.63, 3.8) is 0 Å². The Morgan fingerprint density at radius 2 is 1.68 bits per heavy atom. The van der Waals surface area contributed by atoms with Crippen LogP contribution in [0.1, 0.15) is 6.92 Å². The van der Waals surface area contributed by atoms with E-state index in [0.29, 0.717) is 12.4 Å². The molecule has 0 spiro atoms. The van der Waals surface area contributed by atoms with Crippen LogP contribution in [0.4, 0.5) is 5.69 Å². The minimum absolute atomic E-state index is 0.00364. The van der Waals surface area contributed by atoms with Crippen LogP contribution in [0.3, 0.4) is 0 Å². The van der Waals surface area contributed by atoms with Crippen LogP contribution in [0.15, 0.2) is 52.3 Å². The molecule has 0 aliphatic rings. The van der Waals surface area contributed by atoms with E-state index in [1.54, 1.807) is 0 Å². The van der Waals surface area contributed by atoms with Crippen molar-refractivity contribution in [2.45, 2.75) is 16.7 Å². The van der Waals surface area contributed by atoms with Gasteiger partial charge >= 0.3 is 0 Å². The van der Waals surface area contributed by atoms with E-state index < -0.39 is 20.0 Å². The number of hydrogen-bond donors (Lipinski definition) is 2. The Labute approximate surface area is 146 Å². The quantitative estimate of drug-likeness (QED) is 0.744. The van der Waals surface area contributed by atoms with Gasteiger partial charge in [0.25, 0.3) is 10.0 Å². The fraction of sp³-hybridized carbons (Fsp3) is 0.200. The van der Waals surface area contributed by atoms with E-state index in [9.17, 15) is 16.8 Å². The summed E-state index contributed by atoms with van der Waals surface area (Å²) < 4.78 is 60.6. The van der Waals surface area contributed by atoms with Gasteiger partial charge in [-0.25, -0.2) is 22.0 Å². The van der Waals surface area contributed by atoms with Crippen LogP contribution in [0, 0.1) is 0 Å². The van der Waals surface area contributed by atoms with Crippen LogP contribution < -0.4 is 19.3 Å². The van der Waals surface area contributed by atoms with Crippen LogP contribution in [0.2, 0.25) is 0 Å². The molecule has 0 heterocycles. The van der Waals surface area contributed by atoms with Gasteiger partial charge < -0.3 is 9.47 Å². The van der Waals surface area contributed by atoms with E-state index in [1.165, 1.54) is 43.5 Å². The first-order chi connectivity index (χ1) is 11.7. The first-order valence-corrected chi connectivity index (χ1v) is 10.2. The normalized spacial score (nSPS) is 11.8. The summed E-state index contributed by atoms with van der Waals surface area (Å²) in [5.41, 5.74) is 0.0405. The van der Waals surface area contributed by atoms with Gasteiger partial charge in [0.2, 0.25) is 10.0 Å². The summed E-state index contributed by atoms with van der Waals surface area (Å²) >= 11 is 0. The number of primary sulfonamides is 1. The molecule has 3 N–H and O–H groups in total. The molecule has 0 aliphatic carbocycles. The van der Waals surface area contributed by atoms with Crippen LogP contribution in [0.25, 0.3) is 0 Å². The summed E-state index contributed by atoms with van der Waals surface area (Å²) in [4.78, 5) is -0.314. The molecular weight excluding hydrogens is 368 g/mol. The second kappa shape index (κ2) is 7.30. The zero-order valence-corrected chi connectivity index (χ0v) is 15.2. The van der Waals surface area contributed by atoms with Crippen molar-refractivity contribution in [3.05, 3.63) is 42.5 Å². The van der Waals surface area contributed by atoms with Gasteiger partial charge in [0, 0.05) is 0 Å². The van der Waals surface area contributed by atoms with Gasteiger partial charge in [-0.3, -0.25) is 4.72 Å². The summed E-state index contributed by atoms with van der Waals surface area (Å²) in [6, 6.07) is 9.62. The van der Waals surface area contributed by atoms with Crippen molar-refractivity contribution >= 4 is 25.7 Å². The smallest absolute Gasteiger partial charge is 0.261 e. The van der Waals surface area contributed by atoms with Gasteiger partial charge in [0.15, 0.2) is 0 Å². The lowest BCUT2D eigenvalue weighted by Crippen LogP contribution is -2.16. The number of anilines is 1. The monoisotopic (exact) mass is 386 g/mol. The fourth-order valence-electron chi connectivity index (χ4n) is 2.06. The van der Waals surface area contributed by atoms with Crippen molar-refractivity contribution in [2.24, 2.45) is 5.14 Å². The topological polar surface area (TPSA) is 125 Å². The molecule has 2 aromatic carbocycles. The second-order valence-electron chi connectivity index (χ2n) is 4.92. The maximum Gasteiger partial charge on any atom is 0.261 e. The number of benzene rings is 2. The lowest BCUT2D eigenvalue weighted by atomic mass is 10.3. The minimum atomic E-state index is -4.08. The molecule has 0 saturated carbocycles. The molecule has 2 aromatic rings. The Kier molecular flexibility index (Phi) is 5.55. The molecule has 0 unspecified atom stereocenters. The Morgan fingerprint density at radius 1 is 1.04 bits per heavy atom. The number of sulfonamides is 2. The average molecular weight is 386 g/mol. The fourth-order valence-corrected chi connectivity index (χ4v) is 3.83. The first-order valence-electron chi connectivity index (χ1n) is 7.14. The van der Waals surface area contributed by atoms with E-state index in [-0.39, 0.29) is 21.2 Å². The maximum absolute atomic E-state index is 12.4. The van der Waals surface area contributed by atoms with Crippen LogP contribution in [-0.2, 0) is 20.0 Å². The maximum atomic E-state index is 12.4.